The average molecular weight is 484 g/mol. The van der Waals surface area contributed by atoms with Crippen molar-refractivity contribution in [2.75, 3.05) is 17.2 Å². The fourth-order valence-electron chi connectivity index (χ4n) is 4.43. The first kappa shape index (κ1) is 21.5. The Morgan fingerprint density at radius 2 is 2.00 bits per heavy atom. The predicted molar refractivity (Wildman–Crippen MR) is 128 cm³/mol. The molecule has 13 nitrogen and oxygen atoms in total. The number of carbonyl (C=O) groups is 1. The lowest BCUT2D eigenvalue weighted by Gasteiger charge is -2.31. The number of rotatable bonds is 5. The van der Waals surface area contributed by atoms with Crippen LogP contribution >= 0.6 is 0 Å². The van der Waals surface area contributed by atoms with Gasteiger partial charge < -0.3 is 20.7 Å². The van der Waals surface area contributed by atoms with E-state index in [1.165, 1.54) is 10.2 Å². The van der Waals surface area contributed by atoms with Crippen LogP contribution in [0.25, 0.3) is 16.7 Å². The summed E-state index contributed by atoms with van der Waals surface area (Å²) >= 11 is 0. The third kappa shape index (κ3) is 3.62. The highest BCUT2D eigenvalue weighted by Gasteiger charge is 2.27. The topological polar surface area (TPSA) is 177 Å². The van der Waals surface area contributed by atoms with Crippen LogP contribution in [0.1, 0.15) is 28.2 Å². The largest absolute Gasteiger partial charge is 0.493 e. The first-order valence-electron chi connectivity index (χ1n) is 11.2. The van der Waals surface area contributed by atoms with E-state index in [1.807, 2.05) is 24.3 Å². The summed E-state index contributed by atoms with van der Waals surface area (Å²) in [7, 11) is 0. The van der Waals surface area contributed by atoms with E-state index in [0.717, 1.165) is 25.1 Å². The Morgan fingerprint density at radius 3 is 2.86 bits per heavy atom. The number of hydrogen-bond donors (Lipinski definition) is 3. The van der Waals surface area contributed by atoms with Crippen LogP contribution in [0.5, 0.6) is 5.88 Å². The van der Waals surface area contributed by atoms with Crippen LogP contribution in [0.2, 0.25) is 0 Å². The highest BCUT2D eigenvalue weighted by molar-refractivity contribution is 5.96. The van der Waals surface area contributed by atoms with Gasteiger partial charge >= 0.3 is 5.91 Å². The zero-order valence-corrected chi connectivity index (χ0v) is 18.9. The number of nitrogens with two attached hydrogens (primary N) is 1. The molecule has 3 aromatic heterocycles. The molecule has 0 spiro atoms. The minimum absolute atomic E-state index is 0.00420. The van der Waals surface area contributed by atoms with Gasteiger partial charge in [0.1, 0.15) is 0 Å². The molecule has 13 heteroatoms. The Kier molecular flexibility index (Phi) is 5.13. The van der Waals surface area contributed by atoms with Gasteiger partial charge in [-0.2, -0.15) is 4.68 Å². The van der Waals surface area contributed by atoms with Crippen molar-refractivity contribution >= 4 is 34.0 Å². The fourth-order valence-corrected chi connectivity index (χ4v) is 4.43. The van der Waals surface area contributed by atoms with Crippen LogP contribution in [0, 0.1) is 0 Å². The maximum absolute atomic E-state index is 13.2. The molecule has 0 saturated heterocycles. The molecule has 36 heavy (non-hydrogen) atoms. The Balaban J connectivity index is 1.39. The number of aromatic amines is 1. The number of benzene rings is 2. The van der Waals surface area contributed by atoms with Crippen LogP contribution in [-0.4, -0.2) is 47.8 Å². The van der Waals surface area contributed by atoms with Gasteiger partial charge in [-0.05, 0) is 40.9 Å². The van der Waals surface area contributed by atoms with Gasteiger partial charge in [-0.1, -0.05) is 41.6 Å². The van der Waals surface area contributed by atoms with Crippen LogP contribution in [0.4, 0.5) is 17.2 Å². The van der Waals surface area contributed by atoms with Crippen molar-refractivity contribution < 1.29 is 14.5 Å². The number of fused-ring (bicyclic) bond motifs is 2. The maximum Gasteiger partial charge on any atom is 0.317 e. The number of aromatic nitrogens is 6. The standard InChI is InChI=1S/C23H20N10O3/c24-20-21(30-36-29-20)33-17(12-32-11-5-7-13-6-1-4-10-16(13)32)19(27-31-33)23(35)28-26-18-14-8-2-3-9-15(14)25-22(18)34/h1-4,6,8-10,25,34H,5,7,11-12H2,(H2,24,29). The van der Waals surface area contributed by atoms with Crippen molar-refractivity contribution in [1.82, 2.24) is 30.3 Å². The van der Waals surface area contributed by atoms with E-state index in [-0.39, 0.29) is 35.4 Å². The number of carbonyl (C=O) groups excluding carboxylic acids is 1. The van der Waals surface area contributed by atoms with Gasteiger partial charge in [0.05, 0.1) is 17.8 Å². The molecule has 180 valence electrons. The summed E-state index contributed by atoms with van der Waals surface area (Å²) < 4.78 is 6.06. The smallest absolute Gasteiger partial charge is 0.317 e. The number of nitrogen functional groups attached to an aromatic ring is 1. The highest BCUT2D eigenvalue weighted by atomic mass is 16.6. The second-order valence-corrected chi connectivity index (χ2v) is 8.30. The number of H-pyrrole nitrogens is 1. The van der Waals surface area contributed by atoms with Crippen molar-refractivity contribution in [2.24, 2.45) is 10.2 Å². The molecule has 0 radical (unpaired) electrons. The molecule has 5 aromatic rings. The molecule has 0 atom stereocenters. The molecule has 0 aliphatic carbocycles. The van der Waals surface area contributed by atoms with Crippen molar-refractivity contribution in [3.05, 3.63) is 65.5 Å². The lowest BCUT2D eigenvalue weighted by Crippen LogP contribution is -2.30. The van der Waals surface area contributed by atoms with Gasteiger partial charge in [0.15, 0.2) is 11.4 Å². The van der Waals surface area contributed by atoms with E-state index in [1.54, 1.807) is 18.2 Å². The molecule has 1 amide bonds. The summed E-state index contributed by atoms with van der Waals surface area (Å²) in [5.41, 5.74) is 9.38. The first-order valence-corrected chi connectivity index (χ1v) is 11.2. The molecule has 0 unspecified atom stereocenters. The van der Waals surface area contributed by atoms with Crippen LogP contribution < -0.4 is 10.6 Å². The molecule has 4 heterocycles. The number of hydrogen-bond acceptors (Lipinski definition) is 10. The third-order valence-electron chi connectivity index (χ3n) is 6.11. The summed E-state index contributed by atoms with van der Waals surface area (Å²) in [6.45, 7) is 1.05. The van der Waals surface area contributed by atoms with Crippen molar-refractivity contribution in [3.63, 3.8) is 0 Å². The SMILES string of the molecule is Nc1nonc1-n1nnc(C(=O)N=Nc2c(O)[nH]c3ccccc23)c1CN1CCCc2ccccc21. The summed E-state index contributed by atoms with van der Waals surface area (Å²) in [5.74, 6) is -0.804. The molecule has 2 aromatic carbocycles. The molecule has 6 rings (SSSR count). The van der Waals surface area contributed by atoms with Gasteiger partial charge in [-0.15, -0.1) is 15.3 Å². The number of aromatic hydroxyl groups is 1. The number of anilines is 2. The molecular weight excluding hydrogens is 464 g/mol. The second kappa shape index (κ2) is 8.61. The van der Waals surface area contributed by atoms with Crippen LogP contribution in [0.15, 0.2) is 63.4 Å². The summed E-state index contributed by atoms with van der Waals surface area (Å²) in [5, 5.41) is 34.3. The number of aryl methyl sites for hydroxylation is 1. The van der Waals surface area contributed by atoms with Crippen molar-refractivity contribution in [2.45, 2.75) is 19.4 Å². The van der Waals surface area contributed by atoms with Gasteiger partial charge in [-0.25, -0.2) is 4.63 Å². The monoisotopic (exact) mass is 484 g/mol. The zero-order valence-electron chi connectivity index (χ0n) is 18.9. The number of azo groups is 1. The number of para-hydroxylation sites is 2. The molecule has 1 aliphatic rings. The van der Waals surface area contributed by atoms with E-state index in [9.17, 15) is 9.90 Å². The highest BCUT2D eigenvalue weighted by Crippen LogP contribution is 2.35. The van der Waals surface area contributed by atoms with E-state index < -0.39 is 5.91 Å². The molecule has 0 bridgehead atoms. The van der Waals surface area contributed by atoms with E-state index in [4.69, 9.17) is 10.4 Å². The summed E-state index contributed by atoms with van der Waals surface area (Å²) in [6, 6.07) is 15.3. The Morgan fingerprint density at radius 1 is 1.17 bits per heavy atom. The second-order valence-electron chi connectivity index (χ2n) is 8.30. The molecule has 0 fully saturated rings. The fraction of sp³-hybridized carbons (Fsp3) is 0.174. The maximum atomic E-state index is 13.2. The molecule has 1 aliphatic heterocycles. The van der Waals surface area contributed by atoms with E-state index >= 15 is 0 Å². The van der Waals surface area contributed by atoms with E-state index in [2.05, 4.69) is 46.8 Å². The first-order chi connectivity index (χ1) is 17.6. The van der Waals surface area contributed by atoms with Crippen LogP contribution in [-0.2, 0) is 13.0 Å². The third-order valence-corrected chi connectivity index (χ3v) is 6.11. The van der Waals surface area contributed by atoms with Crippen molar-refractivity contribution in [1.29, 1.82) is 0 Å². The molecule has 4 N–H and O–H groups in total. The van der Waals surface area contributed by atoms with Crippen LogP contribution in [0.3, 0.4) is 0 Å². The number of nitrogens with one attached hydrogen (secondary N) is 1. The Labute approximate surface area is 203 Å². The van der Waals surface area contributed by atoms with Gasteiger partial charge in [-0.3, -0.25) is 4.79 Å². The number of nitrogens with zero attached hydrogens (tertiary/aromatic N) is 8. The minimum atomic E-state index is -0.735. The summed E-state index contributed by atoms with van der Waals surface area (Å²) in [6.07, 6.45) is 1.92. The average Bonchev–Trinajstić information content (AvgIpc) is 3.59. The van der Waals surface area contributed by atoms with E-state index in [0.29, 0.717) is 16.6 Å². The van der Waals surface area contributed by atoms with Gasteiger partial charge in [0.25, 0.3) is 0 Å². The van der Waals surface area contributed by atoms with Crippen molar-refractivity contribution in [3.8, 4) is 11.7 Å². The molecule has 0 saturated carbocycles. The predicted octanol–water partition coefficient (Wildman–Crippen LogP) is 3.30. The minimum Gasteiger partial charge on any atom is -0.493 e. The lowest BCUT2D eigenvalue weighted by molar-refractivity contribution is 0.0989. The quantitative estimate of drug-likeness (QED) is 0.316. The molecular formula is C23H20N10O3. The van der Waals surface area contributed by atoms with Gasteiger partial charge in [0.2, 0.25) is 17.5 Å². The normalized spacial score (nSPS) is 13.5. The zero-order chi connectivity index (χ0) is 24.6. The lowest BCUT2D eigenvalue weighted by atomic mass is 10.0. The number of amides is 1. The Bertz CT molecular complexity index is 1620. The Hall–Kier alpha value is -5.07. The van der Waals surface area contributed by atoms with Gasteiger partial charge in [0, 0.05) is 17.6 Å². The summed E-state index contributed by atoms with van der Waals surface area (Å²) in [4.78, 5) is 18.1.